The van der Waals surface area contributed by atoms with E-state index in [1.54, 1.807) is 0 Å². The van der Waals surface area contributed by atoms with Crippen LogP contribution in [0.4, 0.5) is 8.78 Å². The van der Waals surface area contributed by atoms with E-state index in [4.69, 9.17) is 4.52 Å². The van der Waals surface area contributed by atoms with Crippen LogP contribution < -0.4 is 15.4 Å². The smallest absolute Gasteiger partial charge is 0.387 e. The number of alkyl halides is 2. The second kappa shape index (κ2) is 10.6. The van der Waals surface area contributed by atoms with Crippen molar-refractivity contribution in [2.24, 2.45) is 4.99 Å². The molecule has 0 aliphatic carbocycles. The number of hydrogen-bond acceptors (Lipinski definition) is 5. The Hall–Kier alpha value is -2.68. The number of aromatic nitrogens is 1. The minimum atomic E-state index is -2.88. The van der Waals surface area contributed by atoms with E-state index >= 15 is 0 Å². The van der Waals surface area contributed by atoms with E-state index < -0.39 is 12.7 Å². The third-order valence-electron chi connectivity index (χ3n) is 3.86. The zero-order valence-corrected chi connectivity index (χ0v) is 16.2. The van der Waals surface area contributed by atoms with Gasteiger partial charge in [0.2, 0.25) is 0 Å². The van der Waals surface area contributed by atoms with Crippen LogP contribution in [0.3, 0.4) is 0 Å². The summed E-state index contributed by atoms with van der Waals surface area (Å²) < 4.78 is 33.9. The Morgan fingerprint density at radius 2 is 1.96 bits per heavy atom. The van der Waals surface area contributed by atoms with Gasteiger partial charge in [0.15, 0.2) is 11.7 Å². The molecule has 154 valence electrons. The molecule has 0 amide bonds. The van der Waals surface area contributed by atoms with Crippen molar-refractivity contribution in [2.45, 2.75) is 45.9 Å². The lowest BCUT2D eigenvalue weighted by atomic mass is 10.1. The summed E-state index contributed by atoms with van der Waals surface area (Å²) in [5.41, 5.74) is 1.44. The number of nitrogens with zero attached hydrogens (tertiary/aromatic N) is 2. The van der Waals surface area contributed by atoms with Crippen molar-refractivity contribution in [2.75, 3.05) is 13.1 Å². The van der Waals surface area contributed by atoms with Crippen molar-refractivity contribution in [3.63, 3.8) is 0 Å². The van der Waals surface area contributed by atoms with Gasteiger partial charge < -0.3 is 25.0 Å². The summed E-state index contributed by atoms with van der Waals surface area (Å²) in [4.78, 5) is 4.42. The van der Waals surface area contributed by atoms with E-state index in [9.17, 15) is 13.9 Å². The number of halogens is 2. The molecule has 0 saturated heterocycles. The topological polar surface area (TPSA) is 91.9 Å². The molecule has 28 heavy (non-hydrogen) atoms. The van der Waals surface area contributed by atoms with Gasteiger partial charge in [-0.25, -0.2) is 4.99 Å². The highest BCUT2D eigenvalue weighted by Gasteiger charge is 2.11. The van der Waals surface area contributed by atoms with Crippen LogP contribution in [0.1, 0.15) is 49.8 Å². The zero-order chi connectivity index (χ0) is 20.5. The highest BCUT2D eigenvalue weighted by Crippen LogP contribution is 2.19. The highest BCUT2D eigenvalue weighted by molar-refractivity contribution is 5.79. The SMILES string of the molecule is CCNC(=NCc1cc(C(C)C)no1)NCC(O)c1ccc(OC(F)F)cc1. The number of benzene rings is 1. The van der Waals surface area contributed by atoms with Gasteiger partial charge in [-0.05, 0) is 30.5 Å². The number of rotatable bonds is 9. The Morgan fingerprint density at radius 1 is 1.25 bits per heavy atom. The van der Waals surface area contributed by atoms with Crippen LogP contribution in [0.5, 0.6) is 5.75 Å². The standard InChI is InChI=1S/C19H26F2N4O3/c1-4-22-19(23-10-15-9-16(12(2)3)25-28-15)24-11-17(26)13-5-7-14(8-6-13)27-18(20)21/h5-9,12,17-18,26H,4,10-11H2,1-3H3,(H2,22,23,24). The average molecular weight is 396 g/mol. The molecule has 2 rings (SSSR count). The van der Waals surface area contributed by atoms with E-state index in [1.807, 2.05) is 26.8 Å². The number of guanidine groups is 1. The van der Waals surface area contributed by atoms with Crippen molar-refractivity contribution in [3.8, 4) is 5.75 Å². The van der Waals surface area contributed by atoms with Gasteiger partial charge in [-0.15, -0.1) is 0 Å². The van der Waals surface area contributed by atoms with Crippen molar-refractivity contribution in [3.05, 3.63) is 47.3 Å². The molecule has 1 unspecified atom stereocenters. The van der Waals surface area contributed by atoms with Gasteiger partial charge in [-0.3, -0.25) is 0 Å². The fourth-order valence-electron chi connectivity index (χ4n) is 2.36. The normalized spacial score (nSPS) is 13.1. The molecule has 2 aromatic rings. The van der Waals surface area contributed by atoms with Crippen LogP contribution >= 0.6 is 0 Å². The molecule has 0 aliphatic rings. The fraction of sp³-hybridized carbons (Fsp3) is 0.474. The van der Waals surface area contributed by atoms with Crippen LogP contribution in [-0.2, 0) is 6.54 Å². The fourth-order valence-corrected chi connectivity index (χ4v) is 2.36. The number of aliphatic hydroxyl groups is 1. The van der Waals surface area contributed by atoms with Gasteiger partial charge in [0.1, 0.15) is 12.3 Å². The molecule has 1 atom stereocenters. The number of aliphatic imine (C=N–C) groups is 1. The largest absolute Gasteiger partial charge is 0.435 e. The summed E-state index contributed by atoms with van der Waals surface area (Å²) in [6.07, 6.45) is -0.845. The molecule has 0 spiro atoms. The second-order valence-electron chi connectivity index (χ2n) is 6.41. The summed E-state index contributed by atoms with van der Waals surface area (Å²) >= 11 is 0. The van der Waals surface area contributed by atoms with Crippen LogP contribution in [0.15, 0.2) is 39.8 Å². The lowest BCUT2D eigenvalue weighted by molar-refractivity contribution is -0.0498. The van der Waals surface area contributed by atoms with Gasteiger partial charge >= 0.3 is 6.61 Å². The molecule has 1 aromatic heterocycles. The third kappa shape index (κ3) is 6.80. The van der Waals surface area contributed by atoms with Crippen LogP contribution in [0.2, 0.25) is 0 Å². The van der Waals surface area contributed by atoms with Gasteiger partial charge in [-0.1, -0.05) is 31.1 Å². The van der Waals surface area contributed by atoms with Crippen molar-refractivity contribution in [1.82, 2.24) is 15.8 Å². The minimum Gasteiger partial charge on any atom is -0.435 e. The summed E-state index contributed by atoms with van der Waals surface area (Å²) in [6, 6.07) is 7.72. The van der Waals surface area contributed by atoms with E-state index in [-0.39, 0.29) is 18.2 Å². The summed E-state index contributed by atoms with van der Waals surface area (Å²) in [6.45, 7) is 4.26. The first-order valence-electron chi connectivity index (χ1n) is 9.09. The molecule has 0 radical (unpaired) electrons. The third-order valence-corrected chi connectivity index (χ3v) is 3.86. The van der Waals surface area contributed by atoms with Crippen LogP contribution in [0, 0.1) is 0 Å². The zero-order valence-electron chi connectivity index (χ0n) is 16.2. The maximum atomic E-state index is 12.2. The Morgan fingerprint density at radius 3 is 2.54 bits per heavy atom. The van der Waals surface area contributed by atoms with Gasteiger partial charge in [0, 0.05) is 19.2 Å². The van der Waals surface area contributed by atoms with E-state index in [0.29, 0.717) is 30.4 Å². The van der Waals surface area contributed by atoms with Crippen molar-refractivity contribution in [1.29, 1.82) is 0 Å². The quantitative estimate of drug-likeness (QED) is 0.445. The molecular formula is C19H26F2N4O3. The van der Waals surface area contributed by atoms with E-state index in [1.165, 1.54) is 24.3 Å². The molecule has 3 N–H and O–H groups in total. The highest BCUT2D eigenvalue weighted by atomic mass is 19.3. The molecular weight excluding hydrogens is 370 g/mol. The Labute approximate surface area is 162 Å². The Balaban J connectivity index is 1.91. The van der Waals surface area contributed by atoms with Gasteiger partial charge in [0.25, 0.3) is 0 Å². The molecule has 0 saturated carbocycles. The molecule has 0 bridgehead atoms. The summed E-state index contributed by atoms with van der Waals surface area (Å²) in [7, 11) is 0. The first kappa shape index (κ1) is 21.6. The van der Waals surface area contributed by atoms with Gasteiger partial charge in [0.05, 0.1) is 11.8 Å². The minimum absolute atomic E-state index is 0.0432. The first-order chi connectivity index (χ1) is 13.4. The monoisotopic (exact) mass is 396 g/mol. The van der Waals surface area contributed by atoms with Crippen molar-refractivity contribution < 1.29 is 23.1 Å². The summed E-state index contributed by atoms with van der Waals surface area (Å²) in [5, 5.41) is 20.4. The predicted octanol–water partition coefficient (Wildman–Crippen LogP) is 3.19. The number of hydrogen-bond donors (Lipinski definition) is 3. The maximum absolute atomic E-state index is 12.2. The van der Waals surface area contributed by atoms with Crippen molar-refractivity contribution >= 4 is 5.96 Å². The lowest BCUT2D eigenvalue weighted by Gasteiger charge is -2.15. The number of nitrogens with one attached hydrogen (secondary N) is 2. The molecule has 0 fully saturated rings. The van der Waals surface area contributed by atoms with Crippen LogP contribution in [-0.4, -0.2) is 35.9 Å². The summed E-state index contributed by atoms with van der Waals surface area (Å²) in [5.74, 6) is 1.49. The van der Waals surface area contributed by atoms with E-state index in [0.717, 1.165) is 5.69 Å². The first-order valence-corrected chi connectivity index (χ1v) is 9.09. The predicted molar refractivity (Wildman–Crippen MR) is 101 cm³/mol. The van der Waals surface area contributed by atoms with E-state index in [2.05, 4.69) is 25.5 Å². The molecule has 9 heteroatoms. The average Bonchev–Trinajstić information content (AvgIpc) is 3.13. The molecule has 0 aliphatic heterocycles. The van der Waals surface area contributed by atoms with Crippen LogP contribution in [0.25, 0.3) is 0 Å². The second-order valence-corrected chi connectivity index (χ2v) is 6.41. The molecule has 1 heterocycles. The number of aliphatic hydroxyl groups excluding tert-OH is 1. The molecule has 7 nitrogen and oxygen atoms in total. The van der Waals surface area contributed by atoms with Gasteiger partial charge in [-0.2, -0.15) is 8.78 Å². The number of ether oxygens (including phenoxy) is 1. The maximum Gasteiger partial charge on any atom is 0.387 e. The molecule has 1 aromatic carbocycles. The lowest BCUT2D eigenvalue weighted by Crippen LogP contribution is -2.39. The Kier molecular flexibility index (Phi) is 8.19. The Bertz CT molecular complexity index is 748.